The average Bonchev–Trinajstić information content (AvgIpc) is 2.74. The minimum absolute atomic E-state index is 0.0620. The number of benzene rings is 2. The summed E-state index contributed by atoms with van der Waals surface area (Å²) in [6.07, 6.45) is -5.50. The molecule has 1 heterocycles. The number of nitriles is 1. The lowest BCUT2D eigenvalue weighted by Crippen LogP contribution is -2.37. The molecule has 1 atom stereocenters. The molecule has 9 heteroatoms. The number of nitrogens with zero attached hydrogens (tertiary/aromatic N) is 2. The Morgan fingerprint density at radius 2 is 1.87 bits per heavy atom. The third kappa shape index (κ3) is 5.21. The number of anilines is 2. The Hall–Kier alpha value is -3.25. The fourth-order valence-electron chi connectivity index (χ4n) is 2.99. The summed E-state index contributed by atoms with van der Waals surface area (Å²) in [6, 6.07) is 11.4. The Morgan fingerprint density at radius 1 is 1.20 bits per heavy atom. The van der Waals surface area contributed by atoms with Crippen molar-refractivity contribution in [3.8, 4) is 11.8 Å². The summed E-state index contributed by atoms with van der Waals surface area (Å²) in [7, 11) is 0. The van der Waals surface area contributed by atoms with E-state index in [0.29, 0.717) is 43.3 Å². The minimum atomic E-state index is -4.53. The maximum absolute atomic E-state index is 13.2. The lowest BCUT2D eigenvalue weighted by Gasteiger charge is -2.31. The molecule has 0 aliphatic carbocycles. The SMILES string of the molecule is CC(Oc1ccc(C#N)cc1)C(=O)Nc1cc(C(F)(F)F)ccc1N1CCOCC1. The number of hydrogen-bond acceptors (Lipinski definition) is 5. The lowest BCUT2D eigenvalue weighted by atomic mass is 10.1. The van der Waals surface area contributed by atoms with Gasteiger partial charge in [-0.2, -0.15) is 18.4 Å². The Labute approximate surface area is 171 Å². The number of carbonyl (C=O) groups is 1. The second-order valence-corrected chi connectivity index (χ2v) is 6.71. The van der Waals surface area contributed by atoms with Crippen molar-refractivity contribution >= 4 is 17.3 Å². The highest BCUT2D eigenvalue weighted by molar-refractivity contribution is 5.97. The van der Waals surface area contributed by atoms with Crippen LogP contribution in [0, 0.1) is 11.3 Å². The number of ether oxygens (including phenoxy) is 2. The van der Waals surface area contributed by atoms with Gasteiger partial charge in [0.1, 0.15) is 5.75 Å². The zero-order valence-corrected chi connectivity index (χ0v) is 16.2. The third-order valence-corrected chi connectivity index (χ3v) is 4.60. The molecular weight excluding hydrogens is 399 g/mol. The molecule has 0 aromatic heterocycles. The van der Waals surface area contributed by atoms with E-state index in [9.17, 15) is 18.0 Å². The molecule has 1 unspecified atom stereocenters. The molecule has 1 saturated heterocycles. The zero-order chi connectivity index (χ0) is 21.7. The molecule has 1 N–H and O–H groups in total. The van der Waals surface area contributed by atoms with E-state index in [1.807, 2.05) is 11.0 Å². The Balaban J connectivity index is 1.79. The maximum Gasteiger partial charge on any atom is 0.416 e. The van der Waals surface area contributed by atoms with Crippen LogP contribution in [0.4, 0.5) is 24.5 Å². The number of morpholine rings is 1. The Kier molecular flexibility index (Phi) is 6.47. The first-order valence-electron chi connectivity index (χ1n) is 9.29. The van der Waals surface area contributed by atoms with Crippen LogP contribution in [-0.2, 0) is 15.7 Å². The summed E-state index contributed by atoms with van der Waals surface area (Å²) in [4.78, 5) is 14.5. The van der Waals surface area contributed by atoms with Gasteiger partial charge in [-0.25, -0.2) is 0 Å². The van der Waals surface area contributed by atoms with Gasteiger partial charge in [0, 0.05) is 13.1 Å². The lowest BCUT2D eigenvalue weighted by molar-refractivity contribution is -0.137. The van der Waals surface area contributed by atoms with Gasteiger partial charge in [0.15, 0.2) is 6.10 Å². The van der Waals surface area contributed by atoms with Crippen molar-refractivity contribution in [3.05, 3.63) is 53.6 Å². The summed E-state index contributed by atoms with van der Waals surface area (Å²) in [5.74, 6) is -0.220. The van der Waals surface area contributed by atoms with Crippen molar-refractivity contribution in [1.82, 2.24) is 0 Å². The standard InChI is InChI=1S/C21H20F3N3O3/c1-14(30-17-5-2-15(13-25)3-6-17)20(28)26-18-12-16(21(22,23)24)4-7-19(18)27-8-10-29-11-9-27/h2-7,12,14H,8-11H2,1H3,(H,26,28). The molecule has 6 nitrogen and oxygen atoms in total. The van der Waals surface area contributed by atoms with Crippen molar-refractivity contribution in [1.29, 1.82) is 5.26 Å². The van der Waals surface area contributed by atoms with Crippen molar-refractivity contribution in [2.45, 2.75) is 19.2 Å². The monoisotopic (exact) mass is 419 g/mol. The summed E-state index contributed by atoms with van der Waals surface area (Å²) in [5.41, 5.74) is 0.145. The van der Waals surface area contributed by atoms with Crippen LogP contribution >= 0.6 is 0 Å². The van der Waals surface area contributed by atoms with Gasteiger partial charge < -0.3 is 19.7 Å². The number of rotatable bonds is 5. The molecule has 158 valence electrons. The summed E-state index contributed by atoms with van der Waals surface area (Å²) in [5, 5.41) is 11.4. The maximum atomic E-state index is 13.2. The first-order chi connectivity index (χ1) is 14.3. The highest BCUT2D eigenvalue weighted by Gasteiger charge is 2.32. The predicted molar refractivity (Wildman–Crippen MR) is 104 cm³/mol. The summed E-state index contributed by atoms with van der Waals surface area (Å²) in [6.45, 7) is 3.41. The molecular formula is C21H20F3N3O3. The van der Waals surface area contributed by atoms with Crippen molar-refractivity contribution < 1.29 is 27.4 Å². The van der Waals surface area contributed by atoms with Crippen LogP contribution in [0.25, 0.3) is 0 Å². The molecule has 1 fully saturated rings. The highest BCUT2D eigenvalue weighted by atomic mass is 19.4. The van der Waals surface area contributed by atoms with Gasteiger partial charge in [-0.3, -0.25) is 4.79 Å². The van der Waals surface area contributed by atoms with E-state index >= 15 is 0 Å². The topological polar surface area (TPSA) is 74.6 Å². The van der Waals surface area contributed by atoms with Crippen LogP contribution in [0.5, 0.6) is 5.75 Å². The molecule has 2 aromatic carbocycles. The smallest absolute Gasteiger partial charge is 0.416 e. The van der Waals surface area contributed by atoms with E-state index in [0.717, 1.165) is 12.1 Å². The largest absolute Gasteiger partial charge is 0.481 e. The van der Waals surface area contributed by atoms with Gasteiger partial charge >= 0.3 is 6.18 Å². The Morgan fingerprint density at radius 3 is 2.47 bits per heavy atom. The van der Waals surface area contributed by atoms with Crippen LogP contribution in [0.1, 0.15) is 18.1 Å². The van der Waals surface area contributed by atoms with Gasteiger partial charge in [-0.1, -0.05) is 0 Å². The second kappa shape index (κ2) is 9.05. The zero-order valence-electron chi connectivity index (χ0n) is 16.2. The van der Waals surface area contributed by atoms with Crippen molar-refractivity contribution in [3.63, 3.8) is 0 Å². The molecule has 0 spiro atoms. The fraction of sp³-hybridized carbons (Fsp3) is 0.333. The number of halogens is 3. The number of alkyl halides is 3. The van der Waals surface area contributed by atoms with Gasteiger partial charge in [0.2, 0.25) is 0 Å². The van der Waals surface area contributed by atoms with Crippen molar-refractivity contribution in [2.24, 2.45) is 0 Å². The molecule has 1 amide bonds. The van der Waals surface area contributed by atoms with Crippen molar-refractivity contribution in [2.75, 3.05) is 36.5 Å². The van der Waals surface area contributed by atoms with Crippen LogP contribution in [0.3, 0.4) is 0 Å². The molecule has 1 aliphatic rings. The van der Waals surface area contributed by atoms with Gasteiger partial charge in [-0.15, -0.1) is 0 Å². The van der Waals surface area contributed by atoms with E-state index in [-0.39, 0.29) is 5.69 Å². The van der Waals surface area contributed by atoms with Gasteiger partial charge in [-0.05, 0) is 49.4 Å². The van der Waals surface area contributed by atoms with E-state index in [4.69, 9.17) is 14.7 Å². The predicted octanol–water partition coefficient (Wildman–Crippen LogP) is 3.82. The normalized spacial score (nSPS) is 15.2. The summed E-state index contributed by atoms with van der Waals surface area (Å²) < 4.78 is 50.4. The van der Waals surface area contributed by atoms with Gasteiger partial charge in [0.05, 0.1) is 41.8 Å². The van der Waals surface area contributed by atoms with E-state index in [1.165, 1.54) is 13.0 Å². The quantitative estimate of drug-likeness (QED) is 0.798. The van der Waals surface area contributed by atoms with E-state index < -0.39 is 23.8 Å². The number of amides is 1. The third-order valence-electron chi connectivity index (χ3n) is 4.60. The summed E-state index contributed by atoms with van der Waals surface area (Å²) >= 11 is 0. The van der Waals surface area contributed by atoms with E-state index in [2.05, 4.69) is 5.32 Å². The molecule has 0 bridgehead atoms. The highest BCUT2D eigenvalue weighted by Crippen LogP contribution is 2.36. The van der Waals surface area contributed by atoms with Crippen LogP contribution in [0.2, 0.25) is 0 Å². The first kappa shape index (κ1) is 21.5. The van der Waals surface area contributed by atoms with Crippen LogP contribution in [-0.4, -0.2) is 38.3 Å². The Bertz CT molecular complexity index is 933. The van der Waals surface area contributed by atoms with Crippen LogP contribution < -0.4 is 15.0 Å². The number of hydrogen-bond donors (Lipinski definition) is 1. The van der Waals surface area contributed by atoms with Gasteiger partial charge in [0.25, 0.3) is 5.91 Å². The average molecular weight is 419 g/mol. The first-order valence-corrected chi connectivity index (χ1v) is 9.29. The fourth-order valence-corrected chi connectivity index (χ4v) is 2.99. The van der Waals surface area contributed by atoms with Crippen LogP contribution in [0.15, 0.2) is 42.5 Å². The number of nitrogens with one attached hydrogen (secondary N) is 1. The molecule has 1 aliphatic heterocycles. The molecule has 0 saturated carbocycles. The van der Waals surface area contributed by atoms with E-state index in [1.54, 1.807) is 24.3 Å². The molecule has 3 rings (SSSR count). The second-order valence-electron chi connectivity index (χ2n) is 6.71. The molecule has 0 radical (unpaired) electrons. The number of carbonyl (C=O) groups excluding carboxylic acids is 1. The minimum Gasteiger partial charge on any atom is -0.481 e. The molecule has 30 heavy (non-hydrogen) atoms. The molecule has 2 aromatic rings.